The standard InChI is InChI=1S/C20H30N4O4/c1-27-15-9-7-14(8-10-15)22-20(26)19-16(12-21-24-19)23-18(25)11-13-5-3-4-6-17(13)28-2/h3-6,14-16,19,21,24H,7-12H2,1-2H3,(H,22,26)(H,23,25). The van der Waals surface area contributed by atoms with Gasteiger partial charge in [0.1, 0.15) is 11.8 Å². The first-order valence-corrected chi connectivity index (χ1v) is 9.83. The Morgan fingerprint density at radius 1 is 1.11 bits per heavy atom. The summed E-state index contributed by atoms with van der Waals surface area (Å²) in [7, 11) is 3.32. The Bertz CT molecular complexity index is 676. The van der Waals surface area contributed by atoms with Crippen LogP contribution in [0.4, 0.5) is 0 Å². The molecule has 2 fully saturated rings. The zero-order chi connectivity index (χ0) is 19.9. The molecule has 0 spiro atoms. The largest absolute Gasteiger partial charge is 0.496 e. The van der Waals surface area contributed by atoms with E-state index >= 15 is 0 Å². The minimum Gasteiger partial charge on any atom is -0.496 e. The number of carbonyl (C=O) groups is 2. The third-order valence-electron chi connectivity index (χ3n) is 5.51. The zero-order valence-corrected chi connectivity index (χ0v) is 16.5. The summed E-state index contributed by atoms with van der Waals surface area (Å²) in [6.45, 7) is 0.492. The van der Waals surface area contributed by atoms with Gasteiger partial charge in [-0.3, -0.25) is 15.0 Å². The van der Waals surface area contributed by atoms with E-state index in [0.29, 0.717) is 18.4 Å². The van der Waals surface area contributed by atoms with Crippen LogP contribution in [0.1, 0.15) is 31.2 Å². The Kier molecular flexibility index (Phi) is 7.24. The highest BCUT2D eigenvalue weighted by Crippen LogP contribution is 2.21. The van der Waals surface area contributed by atoms with E-state index in [1.165, 1.54) is 0 Å². The Balaban J connectivity index is 1.51. The first-order chi connectivity index (χ1) is 13.6. The van der Waals surface area contributed by atoms with E-state index in [2.05, 4.69) is 21.5 Å². The van der Waals surface area contributed by atoms with Crippen molar-refractivity contribution in [3.63, 3.8) is 0 Å². The van der Waals surface area contributed by atoms with Gasteiger partial charge in [0.05, 0.1) is 25.7 Å². The molecule has 1 heterocycles. The third-order valence-corrected chi connectivity index (χ3v) is 5.51. The molecule has 1 saturated heterocycles. The summed E-state index contributed by atoms with van der Waals surface area (Å²) < 4.78 is 10.7. The molecule has 2 unspecified atom stereocenters. The minimum absolute atomic E-state index is 0.0894. The molecule has 2 aliphatic rings. The Hall–Kier alpha value is -2.16. The maximum atomic E-state index is 12.7. The molecule has 1 aliphatic carbocycles. The monoisotopic (exact) mass is 390 g/mol. The van der Waals surface area contributed by atoms with Gasteiger partial charge in [0.2, 0.25) is 11.8 Å². The van der Waals surface area contributed by atoms with E-state index in [4.69, 9.17) is 9.47 Å². The number of methoxy groups -OCH3 is 2. The molecular formula is C20H30N4O4. The predicted molar refractivity (Wildman–Crippen MR) is 105 cm³/mol. The molecule has 8 nitrogen and oxygen atoms in total. The van der Waals surface area contributed by atoms with Crippen molar-refractivity contribution in [2.45, 2.75) is 56.3 Å². The van der Waals surface area contributed by atoms with E-state index in [1.807, 2.05) is 24.3 Å². The summed E-state index contributed by atoms with van der Waals surface area (Å²) in [5, 5.41) is 6.07. The summed E-state index contributed by atoms with van der Waals surface area (Å²) in [4.78, 5) is 25.2. The van der Waals surface area contributed by atoms with E-state index in [9.17, 15) is 9.59 Å². The summed E-state index contributed by atoms with van der Waals surface area (Å²) in [5.74, 6) is 0.452. The Labute approximate surface area is 165 Å². The lowest BCUT2D eigenvalue weighted by Crippen LogP contribution is -2.55. The van der Waals surface area contributed by atoms with Crippen molar-refractivity contribution in [2.24, 2.45) is 0 Å². The molecule has 1 aromatic rings. The lowest BCUT2D eigenvalue weighted by Gasteiger charge is -2.29. The van der Waals surface area contributed by atoms with Crippen LogP contribution >= 0.6 is 0 Å². The van der Waals surface area contributed by atoms with Crippen molar-refractivity contribution in [3.05, 3.63) is 29.8 Å². The average molecular weight is 390 g/mol. The van der Waals surface area contributed by atoms with E-state index in [0.717, 1.165) is 31.2 Å². The molecule has 1 saturated carbocycles. The number of amides is 2. The van der Waals surface area contributed by atoms with Gasteiger partial charge in [-0.25, -0.2) is 5.43 Å². The van der Waals surface area contributed by atoms with Gasteiger partial charge in [-0.05, 0) is 31.7 Å². The van der Waals surface area contributed by atoms with Crippen LogP contribution in [0.2, 0.25) is 0 Å². The molecule has 0 bridgehead atoms. The molecule has 28 heavy (non-hydrogen) atoms. The quantitative estimate of drug-likeness (QED) is 0.533. The van der Waals surface area contributed by atoms with Crippen molar-refractivity contribution in [3.8, 4) is 5.75 Å². The fourth-order valence-corrected chi connectivity index (χ4v) is 3.89. The van der Waals surface area contributed by atoms with E-state index < -0.39 is 6.04 Å². The van der Waals surface area contributed by atoms with Crippen LogP contribution in [-0.2, 0) is 20.7 Å². The molecule has 3 rings (SSSR count). The Morgan fingerprint density at radius 3 is 2.57 bits per heavy atom. The molecule has 154 valence electrons. The summed E-state index contributed by atoms with van der Waals surface area (Å²) in [5.41, 5.74) is 6.78. The third kappa shape index (κ3) is 5.21. The number of hydrogen-bond acceptors (Lipinski definition) is 6. The number of hydrazine groups is 1. The number of benzene rings is 1. The number of ether oxygens (including phenoxy) is 2. The molecule has 0 aromatic heterocycles. The zero-order valence-electron chi connectivity index (χ0n) is 16.5. The first kappa shape index (κ1) is 20.6. The maximum absolute atomic E-state index is 12.7. The van der Waals surface area contributed by atoms with E-state index in [1.54, 1.807) is 14.2 Å². The summed E-state index contributed by atoms with van der Waals surface area (Å²) in [6.07, 6.45) is 4.23. The number of rotatable bonds is 7. The lowest BCUT2D eigenvalue weighted by molar-refractivity contribution is -0.125. The van der Waals surface area contributed by atoms with Crippen LogP contribution in [-0.4, -0.2) is 56.8 Å². The van der Waals surface area contributed by atoms with E-state index in [-0.39, 0.29) is 30.3 Å². The summed E-state index contributed by atoms with van der Waals surface area (Å²) >= 11 is 0. The Morgan fingerprint density at radius 2 is 1.86 bits per heavy atom. The smallest absolute Gasteiger partial charge is 0.240 e. The predicted octanol–water partition coefficient (Wildman–Crippen LogP) is 0.273. The first-order valence-electron chi connectivity index (χ1n) is 9.83. The van der Waals surface area contributed by atoms with Gasteiger partial charge >= 0.3 is 0 Å². The number of nitrogens with one attached hydrogen (secondary N) is 4. The normalized spacial score (nSPS) is 27.2. The van der Waals surface area contributed by atoms with Crippen LogP contribution in [0.3, 0.4) is 0 Å². The molecule has 1 aromatic carbocycles. The number of para-hydroxylation sites is 1. The van der Waals surface area contributed by atoms with Crippen molar-refractivity contribution in [1.82, 2.24) is 21.5 Å². The highest BCUT2D eigenvalue weighted by atomic mass is 16.5. The van der Waals surface area contributed by atoms with Crippen LogP contribution < -0.4 is 26.2 Å². The molecule has 0 radical (unpaired) electrons. The number of carbonyl (C=O) groups excluding carboxylic acids is 2. The molecule has 8 heteroatoms. The van der Waals surface area contributed by atoms with Gasteiger partial charge in [-0.2, -0.15) is 0 Å². The van der Waals surface area contributed by atoms with Crippen molar-refractivity contribution < 1.29 is 19.1 Å². The van der Waals surface area contributed by atoms with Crippen LogP contribution in [0.15, 0.2) is 24.3 Å². The molecular weight excluding hydrogens is 360 g/mol. The van der Waals surface area contributed by atoms with Crippen LogP contribution in [0, 0.1) is 0 Å². The maximum Gasteiger partial charge on any atom is 0.240 e. The fourth-order valence-electron chi connectivity index (χ4n) is 3.89. The van der Waals surface area contributed by atoms with Crippen molar-refractivity contribution in [2.75, 3.05) is 20.8 Å². The highest BCUT2D eigenvalue weighted by molar-refractivity contribution is 5.85. The van der Waals surface area contributed by atoms with Gasteiger partial charge in [0, 0.05) is 25.3 Å². The second-order valence-electron chi connectivity index (χ2n) is 7.38. The van der Waals surface area contributed by atoms with Gasteiger partial charge in [0.15, 0.2) is 0 Å². The average Bonchev–Trinajstić information content (AvgIpc) is 3.17. The second-order valence-corrected chi connectivity index (χ2v) is 7.38. The molecule has 2 amide bonds. The van der Waals surface area contributed by atoms with Crippen molar-refractivity contribution >= 4 is 11.8 Å². The molecule has 2 atom stereocenters. The molecule has 4 N–H and O–H groups in total. The highest BCUT2D eigenvalue weighted by Gasteiger charge is 2.35. The van der Waals surface area contributed by atoms with Crippen molar-refractivity contribution in [1.29, 1.82) is 0 Å². The van der Waals surface area contributed by atoms with Crippen LogP contribution in [0.5, 0.6) is 5.75 Å². The van der Waals surface area contributed by atoms with Gasteiger partial charge in [0.25, 0.3) is 0 Å². The molecule has 1 aliphatic heterocycles. The lowest BCUT2D eigenvalue weighted by atomic mass is 9.92. The topological polar surface area (TPSA) is 101 Å². The second kappa shape index (κ2) is 9.86. The van der Waals surface area contributed by atoms with Gasteiger partial charge in [-0.1, -0.05) is 18.2 Å². The van der Waals surface area contributed by atoms with Gasteiger partial charge < -0.3 is 20.1 Å². The van der Waals surface area contributed by atoms with Crippen LogP contribution in [0.25, 0.3) is 0 Å². The minimum atomic E-state index is -0.498. The van der Waals surface area contributed by atoms with Gasteiger partial charge in [-0.15, -0.1) is 0 Å². The fraction of sp³-hybridized carbons (Fsp3) is 0.600. The number of hydrogen-bond donors (Lipinski definition) is 4. The summed E-state index contributed by atoms with van der Waals surface area (Å²) in [6, 6.07) is 6.79. The SMILES string of the molecule is COc1ccccc1CC(=O)NC1CNNC1C(=O)NC1CCC(OC)CC1.